The van der Waals surface area contributed by atoms with Crippen molar-refractivity contribution in [2.75, 3.05) is 14.2 Å². The van der Waals surface area contributed by atoms with E-state index in [4.69, 9.17) is 21.1 Å². The lowest BCUT2D eigenvalue weighted by Gasteiger charge is -2.08. The van der Waals surface area contributed by atoms with E-state index in [-0.39, 0.29) is 6.01 Å². The third kappa shape index (κ3) is 1.96. The van der Waals surface area contributed by atoms with Gasteiger partial charge >= 0.3 is 6.01 Å². The van der Waals surface area contributed by atoms with Crippen LogP contribution in [0.3, 0.4) is 0 Å². The Labute approximate surface area is 102 Å². The fourth-order valence-electron chi connectivity index (χ4n) is 1.26. The molecule has 0 N–H and O–H groups in total. The molecule has 0 radical (unpaired) electrons. The maximum absolute atomic E-state index is 6.08. The molecule has 84 valence electrons. The highest BCUT2D eigenvalue weighted by atomic mass is 35.5. The van der Waals surface area contributed by atoms with Crippen LogP contribution in [0, 0.1) is 0 Å². The molecule has 2 rings (SSSR count). The molecule has 16 heavy (non-hydrogen) atoms. The van der Waals surface area contributed by atoms with Crippen molar-refractivity contribution in [2.24, 2.45) is 0 Å². The molecule has 2 aromatic rings. The van der Waals surface area contributed by atoms with E-state index in [1.807, 2.05) is 17.5 Å². The smallest absolute Gasteiger partial charge is 0.320 e. The standard InChI is InChI=1S/C10H9ClN2O2S/c1-14-9-7(6-4-3-5-16-6)8(11)12-10(13-9)15-2/h3-5H,1-2H3. The molecule has 0 unspecified atom stereocenters. The zero-order valence-corrected chi connectivity index (χ0v) is 10.3. The lowest BCUT2D eigenvalue weighted by atomic mass is 10.2. The van der Waals surface area contributed by atoms with Crippen molar-refractivity contribution in [1.82, 2.24) is 9.97 Å². The van der Waals surface area contributed by atoms with E-state index in [1.165, 1.54) is 14.2 Å². The van der Waals surface area contributed by atoms with Crippen LogP contribution in [0.25, 0.3) is 10.4 Å². The number of halogens is 1. The van der Waals surface area contributed by atoms with Crippen LogP contribution in [0.5, 0.6) is 11.9 Å². The summed E-state index contributed by atoms with van der Waals surface area (Å²) in [5, 5.41) is 2.28. The molecule has 0 aromatic carbocycles. The van der Waals surface area contributed by atoms with Crippen molar-refractivity contribution in [3.8, 4) is 22.3 Å². The zero-order valence-electron chi connectivity index (χ0n) is 8.73. The molecule has 6 heteroatoms. The number of rotatable bonds is 3. The second-order valence-electron chi connectivity index (χ2n) is 2.86. The van der Waals surface area contributed by atoms with Gasteiger partial charge in [-0.2, -0.15) is 9.97 Å². The van der Waals surface area contributed by atoms with Gasteiger partial charge in [-0.05, 0) is 11.4 Å². The van der Waals surface area contributed by atoms with Crippen LogP contribution in [0.1, 0.15) is 0 Å². The predicted octanol–water partition coefficient (Wildman–Crippen LogP) is 2.88. The third-order valence-corrected chi connectivity index (χ3v) is 3.12. The number of hydrogen-bond donors (Lipinski definition) is 0. The number of nitrogens with zero attached hydrogens (tertiary/aromatic N) is 2. The Morgan fingerprint density at radius 1 is 1.25 bits per heavy atom. The largest absolute Gasteiger partial charge is 0.480 e. The molecule has 0 aliphatic heterocycles. The Bertz CT molecular complexity index is 488. The SMILES string of the molecule is COc1nc(Cl)c(-c2cccs2)c(OC)n1. The van der Waals surface area contributed by atoms with Crippen LogP contribution in [-0.4, -0.2) is 24.2 Å². The number of hydrogen-bond acceptors (Lipinski definition) is 5. The Morgan fingerprint density at radius 2 is 2.06 bits per heavy atom. The molecule has 0 saturated carbocycles. The van der Waals surface area contributed by atoms with Crippen LogP contribution in [-0.2, 0) is 0 Å². The maximum atomic E-state index is 6.08. The summed E-state index contributed by atoms with van der Waals surface area (Å²) in [6.07, 6.45) is 0. The molecule has 2 aromatic heterocycles. The van der Waals surface area contributed by atoms with Gasteiger partial charge in [-0.25, -0.2) is 0 Å². The molecular formula is C10H9ClN2O2S. The van der Waals surface area contributed by atoms with E-state index in [2.05, 4.69) is 9.97 Å². The van der Waals surface area contributed by atoms with Crippen molar-refractivity contribution in [3.05, 3.63) is 22.7 Å². The lowest BCUT2D eigenvalue weighted by molar-refractivity contribution is 0.353. The molecule has 0 spiro atoms. The van der Waals surface area contributed by atoms with Gasteiger partial charge in [0.1, 0.15) is 5.15 Å². The minimum atomic E-state index is 0.196. The van der Waals surface area contributed by atoms with Crippen LogP contribution in [0.15, 0.2) is 17.5 Å². The highest BCUT2D eigenvalue weighted by Crippen LogP contribution is 2.37. The van der Waals surface area contributed by atoms with E-state index in [0.717, 1.165) is 4.88 Å². The molecule has 2 heterocycles. The quantitative estimate of drug-likeness (QED) is 0.792. The maximum Gasteiger partial charge on any atom is 0.320 e. The van der Waals surface area contributed by atoms with Gasteiger partial charge in [-0.15, -0.1) is 11.3 Å². The Balaban J connectivity index is 2.60. The average molecular weight is 257 g/mol. The second kappa shape index (κ2) is 4.67. The summed E-state index contributed by atoms with van der Waals surface area (Å²) in [5.74, 6) is 0.416. The summed E-state index contributed by atoms with van der Waals surface area (Å²) in [4.78, 5) is 9.07. The highest BCUT2D eigenvalue weighted by molar-refractivity contribution is 7.13. The molecule has 0 aliphatic carbocycles. The van der Waals surface area contributed by atoms with E-state index >= 15 is 0 Å². The summed E-state index contributed by atoms with van der Waals surface area (Å²) in [6, 6.07) is 4.06. The monoisotopic (exact) mass is 256 g/mol. The van der Waals surface area contributed by atoms with Crippen LogP contribution >= 0.6 is 22.9 Å². The van der Waals surface area contributed by atoms with Gasteiger partial charge in [0.15, 0.2) is 0 Å². The first-order valence-corrected chi connectivity index (χ1v) is 5.71. The topological polar surface area (TPSA) is 44.2 Å². The van der Waals surface area contributed by atoms with Gasteiger partial charge in [0.2, 0.25) is 5.88 Å². The lowest BCUT2D eigenvalue weighted by Crippen LogP contribution is -1.98. The minimum absolute atomic E-state index is 0.196. The van der Waals surface area contributed by atoms with Crippen molar-refractivity contribution in [2.45, 2.75) is 0 Å². The summed E-state index contributed by atoms with van der Waals surface area (Å²) in [5.41, 5.74) is 0.694. The van der Waals surface area contributed by atoms with Gasteiger partial charge in [0, 0.05) is 4.88 Å². The molecule has 0 aliphatic rings. The van der Waals surface area contributed by atoms with E-state index in [9.17, 15) is 0 Å². The van der Waals surface area contributed by atoms with E-state index < -0.39 is 0 Å². The van der Waals surface area contributed by atoms with Gasteiger partial charge in [0.25, 0.3) is 0 Å². The first-order valence-electron chi connectivity index (χ1n) is 4.45. The normalized spacial score (nSPS) is 10.2. The summed E-state index contributed by atoms with van der Waals surface area (Å²) in [7, 11) is 3.02. The van der Waals surface area contributed by atoms with Crippen molar-refractivity contribution >= 4 is 22.9 Å². The molecule has 0 fully saturated rings. The number of aromatic nitrogens is 2. The Hall–Kier alpha value is -1.33. The van der Waals surface area contributed by atoms with Crippen LogP contribution in [0.4, 0.5) is 0 Å². The van der Waals surface area contributed by atoms with Gasteiger partial charge in [-0.3, -0.25) is 0 Å². The zero-order chi connectivity index (χ0) is 11.5. The Kier molecular flexibility index (Phi) is 3.26. The number of ether oxygens (including phenoxy) is 2. The first-order chi connectivity index (χ1) is 7.76. The highest BCUT2D eigenvalue weighted by Gasteiger charge is 2.16. The summed E-state index contributed by atoms with van der Waals surface area (Å²) >= 11 is 7.63. The summed E-state index contributed by atoms with van der Waals surface area (Å²) < 4.78 is 10.1. The van der Waals surface area contributed by atoms with Gasteiger partial charge in [-0.1, -0.05) is 17.7 Å². The second-order valence-corrected chi connectivity index (χ2v) is 4.17. The van der Waals surface area contributed by atoms with E-state index in [1.54, 1.807) is 11.3 Å². The average Bonchev–Trinajstić information content (AvgIpc) is 2.81. The van der Waals surface area contributed by atoms with Gasteiger partial charge < -0.3 is 9.47 Å². The van der Waals surface area contributed by atoms with Crippen molar-refractivity contribution < 1.29 is 9.47 Å². The summed E-state index contributed by atoms with van der Waals surface area (Å²) in [6.45, 7) is 0. The fourth-order valence-corrected chi connectivity index (χ4v) is 2.34. The third-order valence-electron chi connectivity index (χ3n) is 1.95. The molecule has 0 bridgehead atoms. The fraction of sp³-hybridized carbons (Fsp3) is 0.200. The van der Waals surface area contributed by atoms with Crippen molar-refractivity contribution in [3.63, 3.8) is 0 Å². The molecule has 0 amide bonds. The molecule has 0 saturated heterocycles. The molecule has 0 atom stereocenters. The van der Waals surface area contributed by atoms with Crippen LogP contribution < -0.4 is 9.47 Å². The number of thiophene rings is 1. The van der Waals surface area contributed by atoms with Gasteiger partial charge in [0.05, 0.1) is 19.8 Å². The predicted molar refractivity (Wildman–Crippen MR) is 63.5 cm³/mol. The van der Waals surface area contributed by atoms with Crippen molar-refractivity contribution in [1.29, 1.82) is 0 Å². The Morgan fingerprint density at radius 3 is 2.62 bits per heavy atom. The molecular weight excluding hydrogens is 248 g/mol. The minimum Gasteiger partial charge on any atom is -0.480 e. The van der Waals surface area contributed by atoms with Crippen LogP contribution in [0.2, 0.25) is 5.15 Å². The molecule has 4 nitrogen and oxygen atoms in total. The number of methoxy groups -OCH3 is 2. The van der Waals surface area contributed by atoms with E-state index in [0.29, 0.717) is 16.6 Å². The first kappa shape index (κ1) is 11.2.